The van der Waals surface area contributed by atoms with Crippen LogP contribution < -0.4 is 4.90 Å². The summed E-state index contributed by atoms with van der Waals surface area (Å²) in [5, 5.41) is 9.77. The van der Waals surface area contributed by atoms with Crippen LogP contribution in [0.3, 0.4) is 0 Å². The maximum absolute atomic E-state index is 9.15. The molecule has 2 rings (SSSR count). The van der Waals surface area contributed by atoms with Crippen molar-refractivity contribution in [3.8, 4) is 6.07 Å². The predicted molar refractivity (Wildman–Crippen MR) is 73.0 cm³/mol. The predicted octanol–water partition coefficient (Wildman–Crippen LogP) is 3.07. The minimum absolute atomic E-state index is 0.615. The Balaban J connectivity index is 2.08. The molecular weight excluding hydrogens is 248 g/mol. The molecule has 1 aliphatic heterocycles. The topological polar surface area (TPSA) is 36.3 Å². The summed E-state index contributed by atoms with van der Waals surface area (Å²) in [6.07, 6.45) is 2.22. The Bertz CT molecular complexity index is 448. The van der Waals surface area contributed by atoms with E-state index in [-0.39, 0.29) is 0 Å². The fourth-order valence-corrected chi connectivity index (χ4v) is 2.62. The van der Waals surface area contributed by atoms with Crippen molar-refractivity contribution in [2.45, 2.75) is 12.8 Å². The van der Waals surface area contributed by atoms with Gasteiger partial charge in [-0.05, 0) is 37.0 Å². The maximum Gasteiger partial charge on any atom is 0.101 e. The van der Waals surface area contributed by atoms with Crippen molar-refractivity contribution < 1.29 is 4.74 Å². The number of nitriles is 1. The molecule has 0 radical (unpaired) electrons. The van der Waals surface area contributed by atoms with Gasteiger partial charge in [0.05, 0.1) is 11.3 Å². The Morgan fingerprint density at radius 3 is 2.78 bits per heavy atom. The van der Waals surface area contributed by atoms with Gasteiger partial charge in [0.25, 0.3) is 0 Å². The van der Waals surface area contributed by atoms with E-state index in [9.17, 15) is 0 Å². The highest BCUT2D eigenvalue weighted by atomic mass is 35.5. The molecule has 0 unspecified atom stereocenters. The third kappa shape index (κ3) is 2.95. The molecule has 0 saturated carbocycles. The molecule has 1 aliphatic rings. The normalized spacial score (nSPS) is 16.6. The highest BCUT2D eigenvalue weighted by molar-refractivity contribution is 6.30. The lowest BCUT2D eigenvalue weighted by Gasteiger charge is -2.33. The van der Waals surface area contributed by atoms with E-state index in [2.05, 4.69) is 11.0 Å². The number of anilines is 1. The van der Waals surface area contributed by atoms with E-state index < -0.39 is 0 Å². The molecule has 1 aromatic carbocycles. The summed E-state index contributed by atoms with van der Waals surface area (Å²) in [7, 11) is 1.75. The molecule has 1 saturated heterocycles. The van der Waals surface area contributed by atoms with Crippen molar-refractivity contribution >= 4 is 17.3 Å². The Hall–Kier alpha value is -1.24. The zero-order valence-electron chi connectivity index (χ0n) is 10.5. The zero-order valence-corrected chi connectivity index (χ0v) is 11.3. The number of benzene rings is 1. The first-order chi connectivity index (χ1) is 8.74. The first-order valence-electron chi connectivity index (χ1n) is 6.18. The Morgan fingerprint density at radius 1 is 1.44 bits per heavy atom. The Kier molecular flexibility index (Phi) is 4.46. The van der Waals surface area contributed by atoms with Crippen LogP contribution in [0.25, 0.3) is 0 Å². The summed E-state index contributed by atoms with van der Waals surface area (Å²) < 4.78 is 5.19. The van der Waals surface area contributed by atoms with Gasteiger partial charge in [0.15, 0.2) is 0 Å². The minimum atomic E-state index is 0.615. The fraction of sp³-hybridized carbons (Fsp3) is 0.500. The first kappa shape index (κ1) is 13.2. The lowest BCUT2D eigenvalue weighted by atomic mass is 9.97. The lowest BCUT2D eigenvalue weighted by Crippen LogP contribution is -2.35. The van der Waals surface area contributed by atoms with Crippen molar-refractivity contribution in [3.63, 3.8) is 0 Å². The van der Waals surface area contributed by atoms with Crippen molar-refractivity contribution in [2.75, 3.05) is 31.7 Å². The van der Waals surface area contributed by atoms with E-state index in [1.807, 2.05) is 12.1 Å². The quantitative estimate of drug-likeness (QED) is 0.842. The second kappa shape index (κ2) is 6.08. The van der Waals surface area contributed by atoms with E-state index in [0.717, 1.165) is 38.2 Å². The van der Waals surface area contributed by atoms with Crippen molar-refractivity contribution in [3.05, 3.63) is 28.8 Å². The average Bonchev–Trinajstić information content (AvgIpc) is 2.40. The number of nitrogens with zero attached hydrogens (tertiary/aromatic N) is 2. The number of hydrogen-bond acceptors (Lipinski definition) is 3. The number of hydrogen-bond donors (Lipinski definition) is 0. The SMILES string of the molecule is COCC1CCN(c2ccc(Cl)cc2C#N)CC1. The number of methoxy groups -OCH3 is 1. The Labute approximate surface area is 113 Å². The molecule has 0 N–H and O–H groups in total. The minimum Gasteiger partial charge on any atom is -0.384 e. The second-order valence-electron chi connectivity index (χ2n) is 4.66. The highest BCUT2D eigenvalue weighted by Gasteiger charge is 2.20. The smallest absolute Gasteiger partial charge is 0.101 e. The van der Waals surface area contributed by atoms with Gasteiger partial charge in [0.1, 0.15) is 6.07 Å². The van der Waals surface area contributed by atoms with E-state index >= 15 is 0 Å². The summed E-state index contributed by atoms with van der Waals surface area (Å²) in [4.78, 5) is 2.26. The number of rotatable bonds is 3. The molecule has 0 bridgehead atoms. The van der Waals surface area contributed by atoms with Crippen molar-refractivity contribution in [2.24, 2.45) is 5.92 Å². The standard InChI is InChI=1S/C14H17ClN2O/c1-18-10-11-4-6-17(7-5-11)14-3-2-13(15)8-12(14)9-16/h2-3,8,11H,4-7,10H2,1H3. The van der Waals surface area contributed by atoms with Crippen LogP contribution in [0.5, 0.6) is 0 Å². The molecular formula is C14H17ClN2O. The summed E-state index contributed by atoms with van der Waals surface area (Å²) in [5.74, 6) is 0.643. The van der Waals surface area contributed by atoms with Gasteiger partial charge in [-0.1, -0.05) is 11.6 Å². The van der Waals surface area contributed by atoms with Crippen LogP contribution in [0.2, 0.25) is 5.02 Å². The molecule has 18 heavy (non-hydrogen) atoms. The molecule has 0 aromatic heterocycles. The molecule has 1 heterocycles. The van der Waals surface area contributed by atoms with Gasteiger partial charge in [-0.2, -0.15) is 5.26 Å². The van der Waals surface area contributed by atoms with Crippen LogP contribution in [0.1, 0.15) is 18.4 Å². The van der Waals surface area contributed by atoms with Gasteiger partial charge in [0, 0.05) is 31.8 Å². The highest BCUT2D eigenvalue weighted by Crippen LogP contribution is 2.28. The van der Waals surface area contributed by atoms with Crippen LogP contribution in [0, 0.1) is 17.2 Å². The third-order valence-corrected chi connectivity index (χ3v) is 3.67. The molecule has 1 fully saturated rings. The molecule has 1 aromatic rings. The van der Waals surface area contributed by atoms with Crippen LogP contribution in [-0.2, 0) is 4.74 Å². The summed E-state index contributed by atoms with van der Waals surface area (Å²) in [6.45, 7) is 2.79. The van der Waals surface area contributed by atoms with Crippen LogP contribution in [0.15, 0.2) is 18.2 Å². The van der Waals surface area contributed by atoms with Gasteiger partial charge in [-0.3, -0.25) is 0 Å². The van der Waals surface area contributed by atoms with Crippen LogP contribution in [-0.4, -0.2) is 26.8 Å². The number of piperidine rings is 1. The molecule has 0 atom stereocenters. The molecule has 4 heteroatoms. The molecule has 96 valence electrons. The van der Waals surface area contributed by atoms with Crippen LogP contribution in [0.4, 0.5) is 5.69 Å². The summed E-state index contributed by atoms with van der Waals surface area (Å²) >= 11 is 5.91. The maximum atomic E-state index is 9.15. The van der Waals surface area contributed by atoms with Gasteiger partial charge >= 0.3 is 0 Å². The Morgan fingerprint density at radius 2 is 2.17 bits per heavy atom. The van der Waals surface area contributed by atoms with Crippen molar-refractivity contribution in [1.29, 1.82) is 5.26 Å². The van der Waals surface area contributed by atoms with Crippen molar-refractivity contribution in [1.82, 2.24) is 0 Å². The van der Waals surface area contributed by atoms with E-state index in [4.69, 9.17) is 21.6 Å². The number of halogens is 1. The average molecular weight is 265 g/mol. The molecule has 3 nitrogen and oxygen atoms in total. The van der Waals surface area contributed by atoms with Crippen LogP contribution >= 0.6 is 11.6 Å². The summed E-state index contributed by atoms with van der Waals surface area (Å²) in [5.41, 5.74) is 1.66. The molecule has 0 amide bonds. The van der Waals surface area contributed by atoms with Gasteiger partial charge < -0.3 is 9.64 Å². The summed E-state index contributed by atoms with van der Waals surface area (Å²) in [6, 6.07) is 7.74. The molecule has 0 aliphatic carbocycles. The van der Waals surface area contributed by atoms with E-state index in [1.165, 1.54) is 0 Å². The van der Waals surface area contributed by atoms with Gasteiger partial charge in [0.2, 0.25) is 0 Å². The second-order valence-corrected chi connectivity index (χ2v) is 5.10. The number of ether oxygens (including phenoxy) is 1. The van der Waals surface area contributed by atoms with E-state index in [0.29, 0.717) is 16.5 Å². The van der Waals surface area contributed by atoms with Gasteiger partial charge in [-0.15, -0.1) is 0 Å². The fourth-order valence-electron chi connectivity index (χ4n) is 2.45. The third-order valence-electron chi connectivity index (χ3n) is 3.44. The van der Waals surface area contributed by atoms with E-state index in [1.54, 1.807) is 13.2 Å². The monoisotopic (exact) mass is 264 g/mol. The lowest BCUT2D eigenvalue weighted by molar-refractivity contribution is 0.139. The van der Waals surface area contributed by atoms with Gasteiger partial charge in [-0.25, -0.2) is 0 Å². The molecule has 0 spiro atoms. The first-order valence-corrected chi connectivity index (χ1v) is 6.56. The zero-order chi connectivity index (χ0) is 13.0. The largest absolute Gasteiger partial charge is 0.384 e.